The van der Waals surface area contributed by atoms with Gasteiger partial charge in [-0.1, -0.05) is 0 Å². The van der Waals surface area contributed by atoms with Crippen molar-refractivity contribution in [2.24, 2.45) is 0 Å². The quantitative estimate of drug-likeness (QED) is 0.352. The van der Waals surface area contributed by atoms with Gasteiger partial charge in [-0.2, -0.15) is 0 Å². The molecule has 0 saturated heterocycles. The second-order valence-electron chi connectivity index (χ2n) is 7.64. The molecule has 1 unspecified atom stereocenters. The van der Waals surface area contributed by atoms with Crippen LogP contribution in [0.25, 0.3) is 21.8 Å². The van der Waals surface area contributed by atoms with E-state index in [1.165, 1.54) is 0 Å². The molecule has 0 radical (unpaired) electrons. The van der Waals surface area contributed by atoms with E-state index in [2.05, 4.69) is 29.2 Å². The van der Waals surface area contributed by atoms with Crippen molar-refractivity contribution in [1.29, 1.82) is 0 Å². The third-order valence-electron chi connectivity index (χ3n) is 5.78. The van der Waals surface area contributed by atoms with Crippen molar-refractivity contribution in [3.63, 3.8) is 0 Å². The zero-order chi connectivity index (χ0) is 21.0. The molecule has 152 valence electrons. The maximum absolute atomic E-state index is 14.0. The Morgan fingerprint density at radius 3 is 2.52 bits per heavy atom. The number of hydrogen-bond acceptors (Lipinski definition) is 3. The Bertz CT molecular complexity index is 1570. The van der Waals surface area contributed by atoms with Crippen LogP contribution in [0.1, 0.15) is 15.3 Å². The Labute approximate surface area is 186 Å². The summed E-state index contributed by atoms with van der Waals surface area (Å²) >= 11 is -0.330. The van der Waals surface area contributed by atoms with Crippen LogP contribution in [0.2, 0.25) is 0 Å². The fraction of sp³-hybridized carbons (Fsp3) is 0.0800. The van der Waals surface area contributed by atoms with Gasteiger partial charge in [0.25, 0.3) is 0 Å². The van der Waals surface area contributed by atoms with Crippen LogP contribution >= 0.6 is 0 Å². The first-order valence-electron chi connectivity index (χ1n) is 10.0. The van der Waals surface area contributed by atoms with Crippen LogP contribution in [0, 0.1) is 0 Å². The SMILES string of the molecule is O=S1(=O)c2nc3ccccc3n2Cc2ccccc2C1[Se]c1cccc2ccccc12. The zero-order valence-electron chi connectivity index (χ0n) is 16.5. The molecule has 1 aliphatic heterocycles. The van der Waals surface area contributed by atoms with Crippen molar-refractivity contribution < 1.29 is 8.42 Å². The van der Waals surface area contributed by atoms with E-state index in [1.807, 2.05) is 71.3 Å². The number of para-hydroxylation sites is 2. The van der Waals surface area contributed by atoms with Crippen LogP contribution in [0.3, 0.4) is 0 Å². The van der Waals surface area contributed by atoms with Gasteiger partial charge < -0.3 is 0 Å². The summed E-state index contributed by atoms with van der Waals surface area (Å²) in [4.78, 5) is 4.59. The number of sulfone groups is 1. The molecule has 0 bridgehead atoms. The molecule has 0 N–H and O–H groups in total. The summed E-state index contributed by atoms with van der Waals surface area (Å²) in [6.45, 7) is 0.507. The van der Waals surface area contributed by atoms with E-state index in [0.29, 0.717) is 6.54 Å². The predicted molar refractivity (Wildman–Crippen MR) is 125 cm³/mol. The van der Waals surface area contributed by atoms with E-state index in [9.17, 15) is 8.42 Å². The van der Waals surface area contributed by atoms with Crippen molar-refractivity contribution in [2.75, 3.05) is 0 Å². The first-order chi connectivity index (χ1) is 15.1. The van der Waals surface area contributed by atoms with Crippen LogP contribution in [-0.4, -0.2) is 32.9 Å². The normalized spacial score (nSPS) is 17.2. The molecular formula is C25H18N2O2SSe. The third kappa shape index (κ3) is 2.94. The second-order valence-corrected chi connectivity index (χ2v) is 12.6. The molecule has 0 aliphatic carbocycles. The fourth-order valence-electron chi connectivity index (χ4n) is 4.31. The summed E-state index contributed by atoms with van der Waals surface area (Å²) in [7, 11) is -3.68. The van der Waals surface area contributed by atoms with Gasteiger partial charge in [-0.05, 0) is 0 Å². The van der Waals surface area contributed by atoms with Crippen molar-refractivity contribution in [2.45, 2.75) is 15.8 Å². The van der Waals surface area contributed by atoms with Crippen LogP contribution in [0.4, 0.5) is 0 Å². The first kappa shape index (κ1) is 18.8. The molecule has 0 saturated carbocycles. The molecule has 31 heavy (non-hydrogen) atoms. The molecule has 0 amide bonds. The van der Waals surface area contributed by atoms with Gasteiger partial charge in [-0.3, -0.25) is 0 Å². The molecule has 0 fully saturated rings. The number of hydrogen-bond donors (Lipinski definition) is 0. The van der Waals surface area contributed by atoms with Gasteiger partial charge in [0.05, 0.1) is 0 Å². The van der Waals surface area contributed by atoms with E-state index in [-0.39, 0.29) is 20.1 Å². The number of imidazole rings is 1. The molecule has 1 atom stereocenters. The fourth-order valence-corrected chi connectivity index (χ4v) is 9.98. The third-order valence-corrected chi connectivity index (χ3v) is 11.8. The van der Waals surface area contributed by atoms with Crippen LogP contribution in [-0.2, 0) is 16.4 Å². The molecular weight excluding hydrogens is 471 g/mol. The molecule has 4 nitrogen and oxygen atoms in total. The Morgan fingerprint density at radius 1 is 0.839 bits per heavy atom. The molecule has 4 aromatic carbocycles. The van der Waals surface area contributed by atoms with Gasteiger partial charge >= 0.3 is 187 Å². The van der Waals surface area contributed by atoms with E-state index in [4.69, 9.17) is 0 Å². The monoisotopic (exact) mass is 490 g/mol. The van der Waals surface area contributed by atoms with Gasteiger partial charge in [-0.25, -0.2) is 0 Å². The topological polar surface area (TPSA) is 52.0 Å². The predicted octanol–water partition coefficient (Wildman–Crippen LogP) is 4.05. The Hall–Kier alpha value is -2.92. The summed E-state index contributed by atoms with van der Waals surface area (Å²) in [6.07, 6.45) is 0. The van der Waals surface area contributed by atoms with Crippen molar-refractivity contribution >= 4 is 51.1 Å². The van der Waals surface area contributed by atoms with Crippen molar-refractivity contribution in [3.05, 3.63) is 102 Å². The van der Waals surface area contributed by atoms with Crippen LogP contribution < -0.4 is 4.46 Å². The van der Waals surface area contributed by atoms with E-state index < -0.39 is 14.0 Å². The maximum atomic E-state index is 14.0. The summed E-state index contributed by atoms with van der Waals surface area (Å²) in [5, 5.41) is 2.43. The number of rotatable bonds is 2. The van der Waals surface area contributed by atoms with E-state index in [0.717, 1.165) is 37.4 Å². The standard InChI is InChI=1S/C25H18N2O2SSe/c28-30(29)24(31-23-15-7-10-17-8-1-3-11-19(17)23)20-12-4-2-9-18(20)16-27-22-14-6-5-13-21(22)26-25(27)30/h1-15,24H,16H2. The molecule has 5 aromatic rings. The van der Waals surface area contributed by atoms with Crippen molar-refractivity contribution in [1.82, 2.24) is 9.55 Å². The zero-order valence-corrected chi connectivity index (χ0v) is 19.0. The summed E-state index contributed by atoms with van der Waals surface area (Å²) < 4.78 is 30.4. The van der Waals surface area contributed by atoms with Gasteiger partial charge in [0.2, 0.25) is 0 Å². The van der Waals surface area contributed by atoms with Crippen molar-refractivity contribution in [3.8, 4) is 0 Å². The molecule has 6 heteroatoms. The average Bonchev–Trinajstić information content (AvgIpc) is 3.13. The number of benzene rings is 4. The van der Waals surface area contributed by atoms with Gasteiger partial charge in [0.15, 0.2) is 0 Å². The minimum absolute atomic E-state index is 0.178. The molecule has 1 aliphatic rings. The number of fused-ring (bicyclic) bond motifs is 5. The van der Waals surface area contributed by atoms with Gasteiger partial charge in [-0.15, -0.1) is 0 Å². The van der Waals surface area contributed by atoms with E-state index >= 15 is 0 Å². The van der Waals surface area contributed by atoms with E-state index in [1.54, 1.807) is 0 Å². The molecule has 2 heterocycles. The molecule has 0 spiro atoms. The minimum atomic E-state index is -3.68. The number of aromatic nitrogens is 2. The van der Waals surface area contributed by atoms with Crippen LogP contribution in [0.5, 0.6) is 0 Å². The van der Waals surface area contributed by atoms with Crippen LogP contribution in [0.15, 0.2) is 96.2 Å². The second kappa shape index (κ2) is 7.06. The summed E-state index contributed by atoms with van der Waals surface area (Å²) in [5.74, 6) is 0. The molecule has 6 rings (SSSR count). The summed E-state index contributed by atoms with van der Waals surface area (Å²) in [6, 6.07) is 29.9. The Balaban J connectivity index is 1.60. The average molecular weight is 489 g/mol. The Morgan fingerprint density at radius 2 is 1.58 bits per heavy atom. The van der Waals surface area contributed by atoms with Gasteiger partial charge in [0, 0.05) is 0 Å². The van der Waals surface area contributed by atoms with Gasteiger partial charge in [0.1, 0.15) is 0 Å². The molecule has 1 aromatic heterocycles. The Kier molecular flexibility index (Phi) is 4.28. The number of nitrogens with zero attached hydrogens (tertiary/aromatic N) is 2. The first-order valence-corrected chi connectivity index (χ1v) is 13.4. The summed E-state index contributed by atoms with van der Waals surface area (Å²) in [5.41, 5.74) is 3.51.